The highest BCUT2D eigenvalue weighted by Crippen LogP contribution is 2.31. The number of ether oxygens (including phenoxy) is 1. The van der Waals surface area contributed by atoms with Gasteiger partial charge in [-0.15, -0.1) is 11.3 Å². The molecule has 1 unspecified atom stereocenters. The minimum Gasteiger partial charge on any atom is -0.466 e. The fraction of sp³-hybridized carbons (Fsp3) is 0.423. The predicted octanol–water partition coefficient (Wildman–Crippen LogP) is 5.77. The topological polar surface area (TPSA) is 73.4 Å². The van der Waals surface area contributed by atoms with Crippen LogP contribution in [0.4, 0.5) is 0 Å². The summed E-state index contributed by atoms with van der Waals surface area (Å²) in [5.41, 5.74) is 2.94. The SMILES string of the molecule is Cc1cc(-c2cc(C(=O)N(Cc3cccs3)CC3CCCO3)c3cnn(C(C)C)c3n2)c(C)o1. The lowest BCUT2D eigenvalue weighted by Crippen LogP contribution is -2.37. The van der Waals surface area contributed by atoms with Gasteiger partial charge in [-0.25, -0.2) is 9.67 Å². The van der Waals surface area contributed by atoms with Crippen molar-refractivity contribution >= 4 is 28.3 Å². The molecule has 5 heterocycles. The van der Waals surface area contributed by atoms with E-state index in [1.165, 1.54) is 0 Å². The van der Waals surface area contributed by atoms with Crippen LogP contribution in [0.25, 0.3) is 22.3 Å². The molecule has 1 aliphatic rings. The highest BCUT2D eigenvalue weighted by molar-refractivity contribution is 7.09. The van der Waals surface area contributed by atoms with Crippen molar-refractivity contribution in [1.82, 2.24) is 19.7 Å². The number of thiophene rings is 1. The monoisotopic (exact) mass is 478 g/mol. The van der Waals surface area contributed by atoms with Gasteiger partial charge < -0.3 is 14.1 Å². The Morgan fingerprint density at radius 3 is 2.82 bits per heavy atom. The van der Waals surface area contributed by atoms with Crippen molar-refractivity contribution in [1.29, 1.82) is 0 Å². The van der Waals surface area contributed by atoms with Gasteiger partial charge in [-0.2, -0.15) is 5.10 Å². The molecule has 0 saturated carbocycles. The summed E-state index contributed by atoms with van der Waals surface area (Å²) in [5, 5.41) is 7.39. The number of aryl methyl sites for hydroxylation is 2. The zero-order chi connectivity index (χ0) is 23.8. The molecule has 0 spiro atoms. The maximum absolute atomic E-state index is 14.1. The Balaban J connectivity index is 1.62. The molecule has 0 N–H and O–H groups in total. The first-order chi connectivity index (χ1) is 16.4. The summed E-state index contributed by atoms with van der Waals surface area (Å²) in [6.45, 7) is 9.86. The highest BCUT2D eigenvalue weighted by atomic mass is 32.1. The van der Waals surface area contributed by atoms with Crippen molar-refractivity contribution in [2.75, 3.05) is 13.2 Å². The van der Waals surface area contributed by atoms with Gasteiger partial charge in [-0.05, 0) is 64.1 Å². The molecule has 1 fully saturated rings. The summed E-state index contributed by atoms with van der Waals surface area (Å²) in [6.07, 6.45) is 3.85. The molecule has 1 saturated heterocycles. The first-order valence-electron chi connectivity index (χ1n) is 11.8. The smallest absolute Gasteiger partial charge is 0.255 e. The van der Waals surface area contributed by atoms with Crippen LogP contribution < -0.4 is 0 Å². The summed E-state index contributed by atoms with van der Waals surface area (Å²) in [7, 11) is 0. The number of hydrogen-bond acceptors (Lipinski definition) is 6. The molecule has 1 aliphatic heterocycles. The Morgan fingerprint density at radius 1 is 1.32 bits per heavy atom. The standard InChI is InChI=1S/C26H30N4O3S/c1-16(2)30-25-23(13-27-30)22(12-24(28-25)21-11-17(3)33-18(21)4)26(31)29(14-19-7-5-9-32-19)15-20-8-6-10-34-20/h6,8,10-13,16,19H,5,7,9,14-15H2,1-4H3. The Morgan fingerprint density at radius 2 is 2.18 bits per heavy atom. The first kappa shape index (κ1) is 22.8. The lowest BCUT2D eigenvalue weighted by molar-refractivity contribution is 0.0511. The molecule has 7 nitrogen and oxygen atoms in total. The van der Waals surface area contributed by atoms with Gasteiger partial charge >= 0.3 is 0 Å². The number of furan rings is 1. The molecule has 1 atom stereocenters. The number of aromatic nitrogens is 3. The molecule has 8 heteroatoms. The number of nitrogens with zero attached hydrogens (tertiary/aromatic N) is 4. The van der Waals surface area contributed by atoms with Crippen LogP contribution >= 0.6 is 11.3 Å². The number of rotatable bonds is 7. The van der Waals surface area contributed by atoms with Crippen molar-refractivity contribution in [2.45, 2.75) is 59.2 Å². The second kappa shape index (κ2) is 9.35. The Labute approximate surface area is 203 Å². The van der Waals surface area contributed by atoms with Crippen molar-refractivity contribution in [3.63, 3.8) is 0 Å². The summed E-state index contributed by atoms with van der Waals surface area (Å²) in [5.74, 6) is 1.57. The quantitative estimate of drug-likeness (QED) is 0.337. The van der Waals surface area contributed by atoms with Crippen LogP contribution in [-0.4, -0.2) is 44.8 Å². The van der Waals surface area contributed by atoms with Crippen LogP contribution in [0.5, 0.6) is 0 Å². The van der Waals surface area contributed by atoms with Gasteiger partial charge in [0.25, 0.3) is 5.91 Å². The molecule has 4 aromatic heterocycles. The molecular weight excluding hydrogens is 448 g/mol. The average Bonchev–Trinajstić information content (AvgIpc) is 3.60. The van der Waals surface area contributed by atoms with Crippen LogP contribution in [0.2, 0.25) is 0 Å². The summed E-state index contributed by atoms with van der Waals surface area (Å²) >= 11 is 1.66. The van der Waals surface area contributed by atoms with Crippen LogP contribution in [0.15, 0.2) is 40.3 Å². The van der Waals surface area contributed by atoms with Gasteiger partial charge in [0.1, 0.15) is 11.5 Å². The van der Waals surface area contributed by atoms with Gasteiger partial charge in [0, 0.05) is 29.6 Å². The summed E-state index contributed by atoms with van der Waals surface area (Å²) < 4.78 is 13.5. The minimum absolute atomic E-state index is 0.0290. The van der Waals surface area contributed by atoms with E-state index >= 15 is 0 Å². The lowest BCUT2D eigenvalue weighted by Gasteiger charge is -2.25. The molecule has 0 aliphatic carbocycles. The normalized spacial score (nSPS) is 16.1. The third-order valence-corrected chi connectivity index (χ3v) is 7.13. The van der Waals surface area contributed by atoms with E-state index in [1.54, 1.807) is 17.5 Å². The van der Waals surface area contributed by atoms with Crippen LogP contribution in [0.3, 0.4) is 0 Å². The maximum Gasteiger partial charge on any atom is 0.255 e. The Bertz CT molecular complexity index is 1300. The van der Waals surface area contributed by atoms with Gasteiger partial charge in [-0.3, -0.25) is 4.79 Å². The number of fused-ring (bicyclic) bond motifs is 1. The van der Waals surface area contributed by atoms with E-state index in [4.69, 9.17) is 14.1 Å². The van der Waals surface area contributed by atoms with E-state index in [2.05, 4.69) is 25.0 Å². The van der Waals surface area contributed by atoms with E-state index in [-0.39, 0.29) is 18.1 Å². The fourth-order valence-electron chi connectivity index (χ4n) is 4.61. The van der Waals surface area contributed by atoms with E-state index in [0.29, 0.717) is 24.3 Å². The molecule has 0 aromatic carbocycles. The van der Waals surface area contributed by atoms with E-state index in [0.717, 1.165) is 52.5 Å². The van der Waals surface area contributed by atoms with Crippen LogP contribution in [0, 0.1) is 13.8 Å². The zero-order valence-electron chi connectivity index (χ0n) is 20.1. The van der Waals surface area contributed by atoms with E-state index < -0.39 is 0 Å². The van der Waals surface area contributed by atoms with Gasteiger partial charge in [0.05, 0.1) is 35.5 Å². The molecule has 0 bridgehead atoms. The number of pyridine rings is 1. The van der Waals surface area contributed by atoms with Crippen LogP contribution in [0.1, 0.15) is 59.5 Å². The molecule has 5 rings (SSSR count). The molecule has 178 valence electrons. The molecule has 0 radical (unpaired) electrons. The third-order valence-electron chi connectivity index (χ3n) is 6.27. The van der Waals surface area contributed by atoms with Crippen molar-refractivity contribution in [3.05, 3.63) is 57.8 Å². The second-order valence-electron chi connectivity index (χ2n) is 9.20. The van der Waals surface area contributed by atoms with E-state index in [9.17, 15) is 4.79 Å². The summed E-state index contributed by atoms with van der Waals surface area (Å²) in [4.78, 5) is 22.1. The van der Waals surface area contributed by atoms with Gasteiger partial charge in [0.15, 0.2) is 5.65 Å². The number of carbonyl (C=O) groups is 1. The zero-order valence-corrected chi connectivity index (χ0v) is 20.9. The first-order valence-corrected chi connectivity index (χ1v) is 12.7. The van der Waals surface area contributed by atoms with Crippen LogP contribution in [-0.2, 0) is 11.3 Å². The average molecular weight is 479 g/mol. The lowest BCUT2D eigenvalue weighted by atomic mass is 10.1. The maximum atomic E-state index is 14.1. The highest BCUT2D eigenvalue weighted by Gasteiger charge is 2.27. The number of carbonyl (C=O) groups excluding carboxylic acids is 1. The largest absolute Gasteiger partial charge is 0.466 e. The van der Waals surface area contributed by atoms with Crippen molar-refractivity contribution in [2.24, 2.45) is 0 Å². The van der Waals surface area contributed by atoms with Gasteiger partial charge in [-0.1, -0.05) is 6.07 Å². The third kappa shape index (κ3) is 4.40. The Kier molecular flexibility index (Phi) is 6.27. The molecule has 34 heavy (non-hydrogen) atoms. The summed E-state index contributed by atoms with van der Waals surface area (Å²) in [6, 6.07) is 8.08. The van der Waals surface area contributed by atoms with E-state index in [1.807, 2.05) is 47.0 Å². The molecule has 4 aromatic rings. The Hall–Kier alpha value is -2.97. The number of amides is 1. The van der Waals surface area contributed by atoms with Gasteiger partial charge in [0.2, 0.25) is 0 Å². The fourth-order valence-corrected chi connectivity index (χ4v) is 5.33. The van der Waals surface area contributed by atoms with Crippen molar-refractivity contribution < 1.29 is 13.9 Å². The number of hydrogen-bond donors (Lipinski definition) is 0. The second-order valence-corrected chi connectivity index (χ2v) is 10.2. The van der Waals surface area contributed by atoms with Crippen molar-refractivity contribution in [3.8, 4) is 11.3 Å². The molecular formula is C26H30N4O3S. The predicted molar refractivity (Wildman–Crippen MR) is 133 cm³/mol. The minimum atomic E-state index is -0.0290. The molecule has 1 amide bonds.